The molecule has 5 nitrogen and oxygen atoms in total. The molecule has 0 bridgehead atoms. The number of thiazole rings is 1. The van der Waals surface area contributed by atoms with E-state index in [4.69, 9.17) is 0 Å². The number of nitrogens with zero attached hydrogens (tertiary/aromatic N) is 3. The van der Waals surface area contributed by atoms with E-state index in [0.29, 0.717) is 5.69 Å². The number of carbonyl (C=O) groups excluding carboxylic acids is 1. The molecular formula is C15H16N4OS. The van der Waals surface area contributed by atoms with Gasteiger partial charge in [-0.25, -0.2) is 9.97 Å². The lowest BCUT2D eigenvalue weighted by Gasteiger charge is -2.12. The fraction of sp³-hybridized carbons (Fsp3) is 0.267. The highest BCUT2D eigenvalue weighted by atomic mass is 32.1. The third kappa shape index (κ3) is 2.42. The van der Waals surface area contributed by atoms with Crippen molar-refractivity contribution >= 4 is 22.9 Å². The van der Waals surface area contributed by atoms with E-state index < -0.39 is 0 Å². The van der Waals surface area contributed by atoms with Gasteiger partial charge in [0.15, 0.2) is 0 Å². The standard InChI is InChI=1S/C15H16N4OS/c1-9(13-11(3)21-8-16-13)17-15(20)14-10(2)19-7-5-4-6-12(19)18-14/h4-9H,1-3H3,(H,17,20). The van der Waals surface area contributed by atoms with Crippen molar-refractivity contribution in [3.8, 4) is 0 Å². The molecule has 1 atom stereocenters. The van der Waals surface area contributed by atoms with Gasteiger partial charge in [-0.2, -0.15) is 0 Å². The maximum atomic E-state index is 12.4. The van der Waals surface area contributed by atoms with Gasteiger partial charge in [0, 0.05) is 11.1 Å². The van der Waals surface area contributed by atoms with Crippen LogP contribution in [0.3, 0.4) is 0 Å². The zero-order valence-corrected chi connectivity index (χ0v) is 12.9. The molecule has 1 N–H and O–H groups in total. The van der Waals surface area contributed by atoms with E-state index in [1.807, 2.05) is 49.6 Å². The van der Waals surface area contributed by atoms with Gasteiger partial charge in [-0.3, -0.25) is 4.79 Å². The van der Waals surface area contributed by atoms with Gasteiger partial charge in [-0.05, 0) is 32.9 Å². The van der Waals surface area contributed by atoms with Crippen LogP contribution in [-0.4, -0.2) is 20.3 Å². The number of nitrogens with one attached hydrogen (secondary N) is 1. The van der Waals surface area contributed by atoms with Crippen molar-refractivity contribution in [2.45, 2.75) is 26.8 Å². The van der Waals surface area contributed by atoms with Crippen LogP contribution in [0.1, 0.15) is 39.7 Å². The van der Waals surface area contributed by atoms with Crippen LogP contribution in [0, 0.1) is 13.8 Å². The molecule has 0 aliphatic heterocycles. The number of pyridine rings is 1. The summed E-state index contributed by atoms with van der Waals surface area (Å²) < 4.78 is 1.91. The summed E-state index contributed by atoms with van der Waals surface area (Å²) in [4.78, 5) is 22.3. The predicted octanol–water partition coefficient (Wildman–Crippen LogP) is 2.90. The number of hydrogen-bond donors (Lipinski definition) is 1. The van der Waals surface area contributed by atoms with Crippen molar-refractivity contribution in [3.63, 3.8) is 0 Å². The first kappa shape index (κ1) is 13.8. The van der Waals surface area contributed by atoms with Crippen molar-refractivity contribution in [1.82, 2.24) is 19.7 Å². The Labute approximate surface area is 126 Å². The third-order valence-electron chi connectivity index (χ3n) is 3.52. The average molecular weight is 300 g/mol. The quantitative estimate of drug-likeness (QED) is 0.809. The van der Waals surface area contributed by atoms with Crippen LogP contribution in [0.25, 0.3) is 5.65 Å². The van der Waals surface area contributed by atoms with Crippen LogP contribution in [0.2, 0.25) is 0 Å². The Bertz CT molecular complexity index is 805. The highest BCUT2D eigenvalue weighted by Gasteiger charge is 2.19. The Morgan fingerprint density at radius 3 is 2.86 bits per heavy atom. The summed E-state index contributed by atoms with van der Waals surface area (Å²) in [7, 11) is 0. The lowest BCUT2D eigenvalue weighted by Crippen LogP contribution is -2.28. The number of rotatable bonds is 3. The van der Waals surface area contributed by atoms with Crippen molar-refractivity contribution in [2.24, 2.45) is 0 Å². The molecule has 0 saturated carbocycles. The zero-order valence-electron chi connectivity index (χ0n) is 12.1. The Kier molecular flexibility index (Phi) is 3.47. The molecule has 21 heavy (non-hydrogen) atoms. The van der Waals surface area contributed by atoms with Gasteiger partial charge in [-0.1, -0.05) is 6.07 Å². The molecular weight excluding hydrogens is 284 g/mol. The molecule has 1 amide bonds. The van der Waals surface area contributed by atoms with E-state index in [2.05, 4.69) is 15.3 Å². The first-order valence-corrected chi connectivity index (χ1v) is 7.60. The monoisotopic (exact) mass is 300 g/mol. The molecule has 0 spiro atoms. The maximum Gasteiger partial charge on any atom is 0.272 e. The second kappa shape index (κ2) is 5.29. The molecule has 0 aliphatic carbocycles. The van der Waals surface area contributed by atoms with Crippen LogP contribution in [0.15, 0.2) is 29.9 Å². The maximum absolute atomic E-state index is 12.4. The first-order valence-electron chi connectivity index (χ1n) is 6.72. The summed E-state index contributed by atoms with van der Waals surface area (Å²) in [5.74, 6) is -0.170. The van der Waals surface area contributed by atoms with Crippen molar-refractivity contribution in [1.29, 1.82) is 0 Å². The summed E-state index contributed by atoms with van der Waals surface area (Å²) in [6.07, 6.45) is 1.91. The highest BCUT2D eigenvalue weighted by molar-refractivity contribution is 7.09. The number of carbonyl (C=O) groups is 1. The summed E-state index contributed by atoms with van der Waals surface area (Å²) in [5, 5.41) is 2.97. The van der Waals surface area contributed by atoms with Gasteiger partial charge in [0.2, 0.25) is 0 Å². The number of aryl methyl sites for hydroxylation is 2. The fourth-order valence-corrected chi connectivity index (χ4v) is 3.07. The number of fused-ring (bicyclic) bond motifs is 1. The largest absolute Gasteiger partial charge is 0.343 e. The smallest absolute Gasteiger partial charge is 0.272 e. The van der Waals surface area contributed by atoms with Gasteiger partial charge >= 0.3 is 0 Å². The Hall–Kier alpha value is -2.21. The van der Waals surface area contributed by atoms with E-state index in [0.717, 1.165) is 21.9 Å². The predicted molar refractivity (Wildman–Crippen MR) is 82.7 cm³/mol. The number of hydrogen-bond acceptors (Lipinski definition) is 4. The molecule has 0 saturated heterocycles. The second-order valence-electron chi connectivity index (χ2n) is 4.96. The van der Waals surface area contributed by atoms with E-state index in [-0.39, 0.29) is 11.9 Å². The molecule has 0 aromatic carbocycles. The Morgan fingerprint density at radius 1 is 1.38 bits per heavy atom. The van der Waals surface area contributed by atoms with Gasteiger partial charge in [0.05, 0.1) is 22.9 Å². The minimum atomic E-state index is -0.170. The van der Waals surface area contributed by atoms with Crippen LogP contribution < -0.4 is 5.32 Å². The lowest BCUT2D eigenvalue weighted by molar-refractivity contribution is 0.0934. The van der Waals surface area contributed by atoms with E-state index in [9.17, 15) is 4.79 Å². The molecule has 6 heteroatoms. The summed E-state index contributed by atoms with van der Waals surface area (Å²) >= 11 is 1.58. The van der Waals surface area contributed by atoms with Crippen LogP contribution in [-0.2, 0) is 0 Å². The van der Waals surface area contributed by atoms with Gasteiger partial charge in [0.1, 0.15) is 11.3 Å². The summed E-state index contributed by atoms with van der Waals surface area (Å²) in [6.45, 7) is 5.84. The van der Waals surface area contributed by atoms with E-state index in [1.165, 1.54) is 0 Å². The molecule has 1 unspecified atom stereocenters. The van der Waals surface area contributed by atoms with E-state index >= 15 is 0 Å². The minimum Gasteiger partial charge on any atom is -0.343 e. The van der Waals surface area contributed by atoms with Crippen LogP contribution >= 0.6 is 11.3 Å². The SMILES string of the molecule is Cc1scnc1C(C)NC(=O)c1nc2ccccn2c1C. The van der Waals surface area contributed by atoms with Gasteiger partial charge < -0.3 is 9.72 Å². The number of aromatic nitrogens is 3. The van der Waals surface area contributed by atoms with Crippen LogP contribution in [0.4, 0.5) is 0 Å². The summed E-state index contributed by atoms with van der Waals surface area (Å²) in [6, 6.07) is 5.58. The second-order valence-corrected chi connectivity index (χ2v) is 6.02. The van der Waals surface area contributed by atoms with Gasteiger partial charge in [-0.15, -0.1) is 11.3 Å². The van der Waals surface area contributed by atoms with Crippen molar-refractivity contribution in [3.05, 3.63) is 51.9 Å². The minimum absolute atomic E-state index is 0.132. The van der Waals surface area contributed by atoms with E-state index in [1.54, 1.807) is 16.8 Å². The third-order valence-corrected chi connectivity index (χ3v) is 4.30. The molecule has 0 aliphatic rings. The van der Waals surface area contributed by atoms with Crippen LogP contribution in [0.5, 0.6) is 0 Å². The molecule has 0 fully saturated rings. The summed E-state index contributed by atoms with van der Waals surface area (Å²) in [5.41, 5.74) is 4.78. The Balaban J connectivity index is 1.87. The molecule has 3 aromatic rings. The lowest BCUT2D eigenvalue weighted by atomic mass is 10.2. The number of imidazole rings is 1. The molecule has 108 valence electrons. The number of amides is 1. The normalized spacial score (nSPS) is 12.5. The molecule has 3 rings (SSSR count). The van der Waals surface area contributed by atoms with Crippen molar-refractivity contribution in [2.75, 3.05) is 0 Å². The topological polar surface area (TPSA) is 59.3 Å². The highest BCUT2D eigenvalue weighted by Crippen LogP contribution is 2.20. The molecule has 0 radical (unpaired) electrons. The zero-order chi connectivity index (χ0) is 15.0. The first-order chi connectivity index (χ1) is 10.1. The van der Waals surface area contributed by atoms with Crippen molar-refractivity contribution < 1.29 is 4.79 Å². The van der Waals surface area contributed by atoms with Gasteiger partial charge in [0.25, 0.3) is 5.91 Å². The average Bonchev–Trinajstić information content (AvgIpc) is 3.03. The fourth-order valence-electron chi connectivity index (χ4n) is 2.40. The Morgan fingerprint density at radius 2 is 2.19 bits per heavy atom. The molecule has 3 heterocycles. The molecule has 3 aromatic heterocycles.